The maximum Gasteiger partial charge on any atom is 0.310 e. The van der Waals surface area contributed by atoms with Gasteiger partial charge in [-0.25, -0.2) is 8.78 Å². The molecule has 1 aromatic carbocycles. The molecule has 0 aromatic heterocycles. The van der Waals surface area contributed by atoms with Gasteiger partial charge >= 0.3 is 5.97 Å². The molecule has 0 bridgehead atoms. The van der Waals surface area contributed by atoms with Crippen LogP contribution in [0.4, 0.5) is 14.5 Å². The lowest BCUT2D eigenvalue weighted by Crippen LogP contribution is -2.45. The minimum atomic E-state index is -0.931. The molecule has 1 saturated carbocycles. The van der Waals surface area contributed by atoms with Crippen LogP contribution in [-0.2, 0) is 9.59 Å². The molecule has 130 valence electrons. The number of hydrogen-bond donors (Lipinski definition) is 2. The monoisotopic (exact) mass is 338 g/mol. The van der Waals surface area contributed by atoms with E-state index in [1.165, 1.54) is 18.2 Å². The number of carboxylic acid groups (broad SMARTS) is 1. The minimum absolute atomic E-state index is 0.0348. The molecular weight excluding hydrogens is 318 g/mol. The van der Waals surface area contributed by atoms with Crippen molar-refractivity contribution in [3.05, 3.63) is 29.8 Å². The van der Waals surface area contributed by atoms with Crippen LogP contribution in [-0.4, -0.2) is 36.1 Å². The lowest BCUT2D eigenvalue weighted by Gasteiger charge is -2.37. The molecule has 1 amide bonds. The van der Waals surface area contributed by atoms with Gasteiger partial charge in [-0.2, -0.15) is 0 Å². The highest BCUT2D eigenvalue weighted by molar-refractivity contribution is 5.85. The van der Waals surface area contributed by atoms with Crippen LogP contribution in [0.5, 0.6) is 0 Å². The van der Waals surface area contributed by atoms with Crippen molar-refractivity contribution in [2.45, 2.75) is 38.1 Å². The Morgan fingerprint density at radius 1 is 1.29 bits per heavy atom. The fourth-order valence-corrected chi connectivity index (χ4v) is 3.53. The fraction of sp³-hybridized carbons (Fsp3) is 0.529. The van der Waals surface area contributed by atoms with E-state index < -0.39 is 23.0 Å². The molecule has 2 fully saturated rings. The van der Waals surface area contributed by atoms with Crippen molar-refractivity contribution in [3.63, 3.8) is 0 Å². The van der Waals surface area contributed by atoms with Crippen LogP contribution in [0.25, 0.3) is 0 Å². The average molecular weight is 338 g/mol. The number of halogens is 2. The van der Waals surface area contributed by atoms with Crippen molar-refractivity contribution in [1.29, 1.82) is 0 Å². The summed E-state index contributed by atoms with van der Waals surface area (Å²) in [4.78, 5) is 25.0. The van der Waals surface area contributed by atoms with E-state index in [9.17, 15) is 23.5 Å². The number of amides is 1. The van der Waals surface area contributed by atoms with E-state index in [-0.39, 0.29) is 24.1 Å². The lowest BCUT2D eigenvalue weighted by molar-refractivity contribution is -0.157. The number of benzene rings is 1. The topological polar surface area (TPSA) is 69.6 Å². The number of carboxylic acids is 1. The normalized spacial score (nSPS) is 22.1. The van der Waals surface area contributed by atoms with E-state index in [0.717, 1.165) is 6.42 Å². The highest BCUT2D eigenvalue weighted by Gasteiger charge is 2.46. The molecule has 2 N–H and O–H groups in total. The van der Waals surface area contributed by atoms with Crippen molar-refractivity contribution in [2.24, 2.45) is 5.41 Å². The summed E-state index contributed by atoms with van der Waals surface area (Å²) in [6.07, 6.45) is 2.40. The van der Waals surface area contributed by atoms with Gasteiger partial charge in [0.25, 0.3) is 0 Å². The summed E-state index contributed by atoms with van der Waals surface area (Å²) < 4.78 is 27.6. The number of carbonyl (C=O) groups is 2. The number of anilines is 1. The summed E-state index contributed by atoms with van der Waals surface area (Å²) in [6, 6.07) is 3.49. The number of carbonyl (C=O) groups excluding carboxylic acids is 1. The predicted octanol–water partition coefficient (Wildman–Crippen LogP) is 2.30. The van der Waals surface area contributed by atoms with Crippen molar-refractivity contribution in [2.75, 3.05) is 18.0 Å². The maximum atomic E-state index is 13.8. The Hall–Kier alpha value is -2.18. The van der Waals surface area contributed by atoms with E-state index in [0.29, 0.717) is 32.4 Å². The van der Waals surface area contributed by atoms with Crippen LogP contribution in [0.15, 0.2) is 18.2 Å². The van der Waals surface area contributed by atoms with Gasteiger partial charge in [-0.1, -0.05) is 12.5 Å². The number of rotatable bonds is 5. The van der Waals surface area contributed by atoms with Gasteiger partial charge in [0.2, 0.25) is 5.91 Å². The van der Waals surface area contributed by atoms with E-state index in [1.54, 1.807) is 4.90 Å². The largest absolute Gasteiger partial charge is 0.481 e. The Balaban J connectivity index is 1.58. The third-order valence-electron chi connectivity index (χ3n) is 5.07. The van der Waals surface area contributed by atoms with Gasteiger partial charge in [0, 0.05) is 25.6 Å². The molecule has 5 nitrogen and oxygen atoms in total. The van der Waals surface area contributed by atoms with E-state index in [4.69, 9.17) is 0 Å². The zero-order chi connectivity index (χ0) is 17.3. The van der Waals surface area contributed by atoms with Gasteiger partial charge in [0.1, 0.15) is 17.3 Å². The first-order valence-electron chi connectivity index (χ1n) is 8.13. The van der Waals surface area contributed by atoms with Crippen LogP contribution in [0.3, 0.4) is 0 Å². The van der Waals surface area contributed by atoms with E-state index in [1.807, 2.05) is 0 Å². The first-order valence-corrected chi connectivity index (χ1v) is 8.13. The van der Waals surface area contributed by atoms with Crippen molar-refractivity contribution in [3.8, 4) is 0 Å². The second kappa shape index (κ2) is 6.37. The van der Waals surface area contributed by atoms with Crippen LogP contribution >= 0.6 is 0 Å². The Morgan fingerprint density at radius 2 is 1.96 bits per heavy atom. The molecule has 1 aromatic rings. The summed E-state index contributed by atoms with van der Waals surface area (Å²) in [5.74, 6) is -2.48. The highest BCUT2D eigenvalue weighted by Crippen LogP contribution is 2.44. The third-order valence-corrected chi connectivity index (χ3v) is 5.07. The van der Waals surface area contributed by atoms with Crippen molar-refractivity contribution < 1.29 is 23.5 Å². The number of para-hydroxylation sites is 1. The Bertz CT molecular complexity index is 641. The number of nitrogens with zero attached hydrogens (tertiary/aromatic N) is 1. The highest BCUT2D eigenvalue weighted by atomic mass is 19.1. The lowest BCUT2D eigenvalue weighted by atomic mass is 9.66. The first-order chi connectivity index (χ1) is 11.4. The summed E-state index contributed by atoms with van der Waals surface area (Å²) in [7, 11) is 0. The molecule has 1 aliphatic heterocycles. The number of hydrogen-bond acceptors (Lipinski definition) is 3. The predicted molar refractivity (Wildman–Crippen MR) is 83.7 cm³/mol. The summed E-state index contributed by atoms with van der Waals surface area (Å²) in [5.41, 5.74) is -1.00. The van der Waals surface area contributed by atoms with E-state index >= 15 is 0 Å². The smallest absolute Gasteiger partial charge is 0.310 e. The molecular formula is C17H20F2N2O3. The first kappa shape index (κ1) is 16.7. The standard InChI is InChI=1S/C17H20F2N2O3/c18-12-3-1-4-13(19)15(12)21-8-5-11(10-21)20-14(22)9-17(16(23)24)6-2-7-17/h1,3-4,11H,2,5-10H2,(H,20,22)(H,23,24). The van der Waals surface area contributed by atoms with Gasteiger partial charge in [-0.15, -0.1) is 0 Å². The SMILES string of the molecule is O=C(CC1(C(=O)O)CCC1)NC1CCN(c2c(F)cccc2F)C1. The van der Waals surface area contributed by atoms with Crippen LogP contribution < -0.4 is 10.2 Å². The number of nitrogens with one attached hydrogen (secondary N) is 1. The Morgan fingerprint density at radius 3 is 2.50 bits per heavy atom. The van der Waals surface area contributed by atoms with Gasteiger partial charge in [0.15, 0.2) is 0 Å². The van der Waals surface area contributed by atoms with Gasteiger partial charge in [0.05, 0.1) is 5.41 Å². The van der Waals surface area contributed by atoms with Gasteiger partial charge < -0.3 is 15.3 Å². The summed E-state index contributed by atoms with van der Waals surface area (Å²) in [6.45, 7) is 0.747. The van der Waals surface area contributed by atoms with E-state index in [2.05, 4.69) is 5.32 Å². The molecule has 1 unspecified atom stereocenters. The second-order valence-corrected chi connectivity index (χ2v) is 6.69. The van der Waals surface area contributed by atoms with Crippen LogP contribution in [0.1, 0.15) is 32.1 Å². The van der Waals surface area contributed by atoms with Gasteiger partial charge in [-0.3, -0.25) is 9.59 Å². The molecule has 7 heteroatoms. The van der Waals surface area contributed by atoms with Crippen molar-refractivity contribution >= 4 is 17.6 Å². The van der Waals surface area contributed by atoms with Gasteiger partial charge in [-0.05, 0) is 31.4 Å². The minimum Gasteiger partial charge on any atom is -0.481 e. The second-order valence-electron chi connectivity index (χ2n) is 6.69. The Labute approximate surface area is 138 Å². The average Bonchev–Trinajstić information content (AvgIpc) is 2.90. The molecule has 1 saturated heterocycles. The quantitative estimate of drug-likeness (QED) is 0.864. The number of aliphatic carboxylic acids is 1. The zero-order valence-corrected chi connectivity index (χ0v) is 13.2. The Kier molecular flexibility index (Phi) is 4.43. The maximum absolute atomic E-state index is 13.8. The summed E-state index contributed by atoms with van der Waals surface area (Å²) >= 11 is 0. The molecule has 1 aliphatic carbocycles. The molecule has 24 heavy (non-hydrogen) atoms. The molecule has 0 radical (unpaired) electrons. The molecule has 1 atom stereocenters. The van der Waals surface area contributed by atoms with Crippen LogP contribution in [0.2, 0.25) is 0 Å². The fourth-order valence-electron chi connectivity index (χ4n) is 3.53. The third kappa shape index (κ3) is 3.07. The molecule has 0 spiro atoms. The molecule has 3 rings (SSSR count). The van der Waals surface area contributed by atoms with Crippen molar-refractivity contribution in [1.82, 2.24) is 5.32 Å². The van der Waals surface area contributed by atoms with Crippen LogP contribution in [0, 0.1) is 17.0 Å². The molecule has 1 heterocycles. The summed E-state index contributed by atoms with van der Waals surface area (Å²) in [5, 5.41) is 12.1. The molecule has 2 aliphatic rings. The zero-order valence-electron chi connectivity index (χ0n) is 13.2.